The first-order valence-electron chi connectivity index (χ1n) is 8.01. The van der Waals surface area contributed by atoms with Crippen molar-refractivity contribution in [1.29, 1.82) is 0 Å². The molecule has 5 heteroatoms. The van der Waals surface area contributed by atoms with Gasteiger partial charge in [-0.05, 0) is 32.4 Å². The molecule has 1 N–H and O–H groups in total. The molecule has 0 amide bonds. The molecule has 22 heavy (non-hydrogen) atoms. The zero-order valence-electron chi connectivity index (χ0n) is 13.2. The number of benzene rings is 1. The number of rotatable bonds is 3. The van der Waals surface area contributed by atoms with Gasteiger partial charge < -0.3 is 9.84 Å². The van der Waals surface area contributed by atoms with Gasteiger partial charge in [-0.2, -0.15) is 4.98 Å². The van der Waals surface area contributed by atoms with Crippen LogP contribution in [0.4, 0.5) is 0 Å². The van der Waals surface area contributed by atoms with Gasteiger partial charge >= 0.3 is 0 Å². The van der Waals surface area contributed by atoms with E-state index < -0.39 is 0 Å². The third-order valence-corrected chi connectivity index (χ3v) is 4.98. The second kappa shape index (κ2) is 5.18. The molecule has 5 nitrogen and oxygen atoms in total. The number of likely N-dealkylation sites (N-methyl/N-ethyl adjacent to an activating group) is 1. The topological polar surface area (TPSA) is 54.2 Å². The Morgan fingerprint density at radius 2 is 2.23 bits per heavy atom. The lowest BCUT2D eigenvalue weighted by molar-refractivity contribution is 0.190. The van der Waals surface area contributed by atoms with E-state index in [2.05, 4.69) is 53.6 Å². The van der Waals surface area contributed by atoms with E-state index in [1.54, 1.807) is 0 Å². The number of hydrogen-bond acceptors (Lipinski definition) is 5. The van der Waals surface area contributed by atoms with Crippen molar-refractivity contribution in [3.63, 3.8) is 0 Å². The Morgan fingerprint density at radius 1 is 1.36 bits per heavy atom. The summed E-state index contributed by atoms with van der Waals surface area (Å²) in [6, 6.07) is 8.87. The zero-order chi connectivity index (χ0) is 15.2. The van der Waals surface area contributed by atoms with Crippen molar-refractivity contribution in [1.82, 2.24) is 20.4 Å². The highest BCUT2D eigenvalue weighted by Crippen LogP contribution is 2.53. The summed E-state index contributed by atoms with van der Waals surface area (Å²) in [5, 5.41) is 7.68. The van der Waals surface area contributed by atoms with Crippen molar-refractivity contribution < 1.29 is 4.52 Å². The summed E-state index contributed by atoms with van der Waals surface area (Å²) >= 11 is 0. The second-order valence-corrected chi connectivity index (χ2v) is 6.61. The van der Waals surface area contributed by atoms with Gasteiger partial charge in [0.2, 0.25) is 5.89 Å². The molecule has 2 fully saturated rings. The molecule has 116 valence electrons. The molecular formula is C17H22N4O. The highest BCUT2D eigenvalue weighted by Gasteiger charge is 2.51. The summed E-state index contributed by atoms with van der Waals surface area (Å²) in [6.45, 7) is 5.04. The maximum Gasteiger partial charge on any atom is 0.237 e. The normalized spacial score (nSPS) is 24.4. The number of nitrogens with one attached hydrogen (secondary N) is 1. The molecule has 2 aromatic rings. The van der Waals surface area contributed by atoms with Gasteiger partial charge in [0.05, 0.1) is 11.5 Å². The van der Waals surface area contributed by atoms with Crippen LogP contribution in [0, 0.1) is 6.92 Å². The average Bonchev–Trinajstić information content (AvgIpc) is 3.19. The van der Waals surface area contributed by atoms with Crippen LogP contribution in [0.5, 0.6) is 0 Å². The summed E-state index contributed by atoms with van der Waals surface area (Å²) in [4.78, 5) is 7.05. The lowest BCUT2D eigenvalue weighted by atomic mass is 9.94. The summed E-state index contributed by atoms with van der Waals surface area (Å²) in [6.07, 6.45) is 2.19. The molecule has 1 aromatic heterocycles. The Hall–Kier alpha value is -1.72. The number of piperazine rings is 1. The molecule has 4 rings (SSSR count). The number of hydrogen-bond donors (Lipinski definition) is 1. The van der Waals surface area contributed by atoms with Gasteiger partial charge in [-0.15, -0.1) is 0 Å². The molecule has 1 aliphatic carbocycles. The predicted octanol–water partition coefficient (Wildman–Crippen LogP) is 2.03. The summed E-state index contributed by atoms with van der Waals surface area (Å²) in [7, 11) is 2.12. The molecule has 1 unspecified atom stereocenters. The van der Waals surface area contributed by atoms with Crippen LogP contribution in [-0.2, 0) is 5.41 Å². The maximum atomic E-state index is 5.67. The van der Waals surface area contributed by atoms with E-state index in [1.807, 2.05) is 0 Å². The predicted molar refractivity (Wildman–Crippen MR) is 83.7 cm³/mol. The van der Waals surface area contributed by atoms with E-state index in [0.717, 1.165) is 44.2 Å². The van der Waals surface area contributed by atoms with Crippen LogP contribution in [0.3, 0.4) is 0 Å². The van der Waals surface area contributed by atoms with Crippen molar-refractivity contribution in [3.05, 3.63) is 47.1 Å². The van der Waals surface area contributed by atoms with Gasteiger partial charge in [0.1, 0.15) is 0 Å². The fourth-order valence-corrected chi connectivity index (χ4v) is 3.35. The van der Waals surface area contributed by atoms with Gasteiger partial charge in [-0.25, -0.2) is 0 Å². The summed E-state index contributed by atoms with van der Waals surface area (Å²) in [5.41, 5.74) is 2.54. The second-order valence-electron chi connectivity index (χ2n) is 6.61. The molecule has 1 aliphatic heterocycles. The standard InChI is InChI=1S/C17H22N4O/c1-12-4-3-5-13(10-12)17(6-7-17)16-19-15(20-22-16)14-11-18-8-9-21(14)2/h3-5,10,14,18H,6-9,11H2,1-2H3. The minimum Gasteiger partial charge on any atom is -0.338 e. The minimum atomic E-state index is -0.0437. The molecule has 0 spiro atoms. The molecule has 1 aromatic carbocycles. The Balaban J connectivity index is 1.64. The SMILES string of the molecule is Cc1cccc(C2(c3nc(C4CNCCN4C)no3)CC2)c1. The average molecular weight is 298 g/mol. The number of aromatic nitrogens is 2. The number of aryl methyl sites for hydroxylation is 1. The van der Waals surface area contributed by atoms with Crippen molar-refractivity contribution in [2.45, 2.75) is 31.2 Å². The van der Waals surface area contributed by atoms with Crippen LogP contribution in [0.15, 0.2) is 28.8 Å². The Kier molecular flexibility index (Phi) is 3.27. The number of nitrogens with zero attached hydrogens (tertiary/aromatic N) is 3. The van der Waals surface area contributed by atoms with Crippen LogP contribution in [-0.4, -0.2) is 41.7 Å². The molecule has 1 saturated heterocycles. The smallest absolute Gasteiger partial charge is 0.237 e. The van der Waals surface area contributed by atoms with Crippen molar-refractivity contribution in [3.8, 4) is 0 Å². The Morgan fingerprint density at radius 3 is 2.95 bits per heavy atom. The van der Waals surface area contributed by atoms with E-state index in [4.69, 9.17) is 9.51 Å². The van der Waals surface area contributed by atoms with Gasteiger partial charge in [-0.1, -0.05) is 35.0 Å². The van der Waals surface area contributed by atoms with Crippen LogP contribution in [0.1, 0.15) is 41.7 Å². The maximum absolute atomic E-state index is 5.67. The highest BCUT2D eigenvalue weighted by atomic mass is 16.5. The Labute approximate surface area is 130 Å². The fraction of sp³-hybridized carbons (Fsp3) is 0.529. The largest absolute Gasteiger partial charge is 0.338 e. The van der Waals surface area contributed by atoms with E-state index >= 15 is 0 Å². The molecule has 2 aliphatic rings. The Bertz CT molecular complexity index is 677. The monoisotopic (exact) mass is 298 g/mol. The van der Waals surface area contributed by atoms with Gasteiger partial charge in [-0.3, -0.25) is 4.90 Å². The summed E-state index contributed by atoms with van der Waals surface area (Å²) < 4.78 is 5.67. The van der Waals surface area contributed by atoms with Crippen LogP contribution >= 0.6 is 0 Å². The quantitative estimate of drug-likeness (QED) is 0.939. The first kappa shape index (κ1) is 13.9. The summed E-state index contributed by atoms with van der Waals surface area (Å²) in [5.74, 6) is 1.59. The molecule has 0 bridgehead atoms. The van der Waals surface area contributed by atoms with E-state index in [9.17, 15) is 0 Å². The first-order valence-corrected chi connectivity index (χ1v) is 8.01. The van der Waals surface area contributed by atoms with Crippen molar-refractivity contribution in [2.75, 3.05) is 26.7 Å². The van der Waals surface area contributed by atoms with Gasteiger partial charge in [0.25, 0.3) is 0 Å². The van der Waals surface area contributed by atoms with Gasteiger partial charge in [0, 0.05) is 19.6 Å². The fourth-order valence-electron chi connectivity index (χ4n) is 3.35. The molecule has 2 heterocycles. The van der Waals surface area contributed by atoms with Crippen LogP contribution in [0.25, 0.3) is 0 Å². The third-order valence-electron chi connectivity index (χ3n) is 4.98. The van der Waals surface area contributed by atoms with Crippen molar-refractivity contribution in [2.24, 2.45) is 0 Å². The van der Waals surface area contributed by atoms with Gasteiger partial charge in [0.15, 0.2) is 5.82 Å². The van der Waals surface area contributed by atoms with Crippen molar-refractivity contribution >= 4 is 0 Å². The zero-order valence-corrected chi connectivity index (χ0v) is 13.2. The van der Waals surface area contributed by atoms with E-state index in [1.165, 1.54) is 11.1 Å². The third kappa shape index (κ3) is 2.25. The molecule has 0 radical (unpaired) electrons. The van der Waals surface area contributed by atoms with Crippen LogP contribution in [0.2, 0.25) is 0 Å². The highest BCUT2D eigenvalue weighted by molar-refractivity contribution is 5.40. The minimum absolute atomic E-state index is 0.0437. The van der Waals surface area contributed by atoms with Crippen LogP contribution < -0.4 is 5.32 Å². The van der Waals surface area contributed by atoms with E-state index in [0.29, 0.717) is 0 Å². The first-order chi connectivity index (χ1) is 10.7. The van der Waals surface area contributed by atoms with E-state index in [-0.39, 0.29) is 11.5 Å². The molecule has 1 atom stereocenters. The molecule has 1 saturated carbocycles. The lowest BCUT2D eigenvalue weighted by Crippen LogP contribution is -2.44. The lowest BCUT2D eigenvalue weighted by Gasteiger charge is -2.30. The molecular weight excluding hydrogens is 276 g/mol.